The van der Waals surface area contributed by atoms with Crippen molar-refractivity contribution in [1.29, 1.82) is 0 Å². The van der Waals surface area contributed by atoms with Crippen LogP contribution in [0.25, 0.3) is 0 Å². The molecule has 1 aliphatic heterocycles. The van der Waals surface area contributed by atoms with Crippen molar-refractivity contribution >= 4 is 11.8 Å². The Labute approximate surface area is 198 Å². The molecule has 186 valence electrons. The van der Waals surface area contributed by atoms with Crippen LogP contribution >= 0.6 is 0 Å². The first-order valence-electron chi connectivity index (χ1n) is 13.7. The van der Waals surface area contributed by atoms with Crippen molar-refractivity contribution in [2.75, 3.05) is 19.6 Å². The van der Waals surface area contributed by atoms with Crippen LogP contribution in [0.1, 0.15) is 129 Å². The summed E-state index contributed by atoms with van der Waals surface area (Å²) in [7, 11) is 0. The van der Waals surface area contributed by atoms with Gasteiger partial charge in [0, 0.05) is 13.0 Å². The molecule has 1 aliphatic rings. The molecule has 0 fully saturated rings. The number of unbranched alkanes of at least 4 members (excludes halogenated alkanes) is 17. The number of carbonyl (C=O) groups is 1. The second-order valence-electron chi connectivity index (χ2n) is 9.68. The van der Waals surface area contributed by atoms with E-state index >= 15 is 0 Å². The van der Waals surface area contributed by atoms with Crippen LogP contribution in [0.3, 0.4) is 0 Å². The summed E-state index contributed by atoms with van der Waals surface area (Å²) >= 11 is 0. The zero-order valence-electron chi connectivity index (χ0n) is 21.0. The summed E-state index contributed by atoms with van der Waals surface area (Å²) in [4.78, 5) is 15.6. The van der Waals surface area contributed by atoms with Gasteiger partial charge in [-0.1, -0.05) is 116 Å². The maximum Gasteiger partial charge on any atom is 0.207 e. The molecule has 5 heteroatoms. The lowest BCUT2D eigenvalue weighted by molar-refractivity contribution is -0.780. The number of aliphatic imine (C=N–C) groups is 1. The van der Waals surface area contributed by atoms with Crippen LogP contribution in [0, 0.1) is 0 Å². The van der Waals surface area contributed by atoms with E-state index in [4.69, 9.17) is 5.73 Å². The van der Waals surface area contributed by atoms with Crippen molar-refractivity contribution < 1.29 is 14.4 Å². The van der Waals surface area contributed by atoms with Crippen molar-refractivity contribution in [2.45, 2.75) is 129 Å². The number of carboxylic acids is 1. The standard InChI is InChI=1S/C27H51N3O2/c1-2-3-4-5-6-7-8-9-10-11-12-13-14-15-16-17-18-19-20-26-29-22-24-30(26,23-21-28)25-27(31)32/h22,24H,2-21,23,25,28H2,1H3. The molecule has 5 nitrogen and oxygen atoms in total. The number of aliphatic carboxylic acids is 1. The maximum atomic E-state index is 11.2. The average molecular weight is 450 g/mol. The van der Waals surface area contributed by atoms with Crippen LogP contribution in [0.5, 0.6) is 0 Å². The SMILES string of the molecule is CCCCCCCCCCCCCCCCCCCCC1=NC=C[N+]1(CCN)CC(=O)[O-]. The molecule has 2 N–H and O–H groups in total. The third kappa shape index (κ3) is 13.4. The number of carboxylic acid groups (broad SMARTS) is 1. The molecular weight excluding hydrogens is 398 g/mol. The molecule has 0 bridgehead atoms. The number of hydrogen-bond acceptors (Lipinski definition) is 4. The first-order chi connectivity index (χ1) is 15.6. The number of carbonyl (C=O) groups excluding carboxylic acids is 1. The van der Waals surface area contributed by atoms with Gasteiger partial charge in [0.1, 0.15) is 19.3 Å². The van der Waals surface area contributed by atoms with Gasteiger partial charge in [0.2, 0.25) is 5.84 Å². The molecule has 0 spiro atoms. The molecule has 1 rings (SSSR count). The summed E-state index contributed by atoms with van der Waals surface area (Å²) in [5, 5.41) is 11.2. The quantitative estimate of drug-likeness (QED) is 0.157. The number of nitrogens with zero attached hydrogens (tertiary/aromatic N) is 2. The number of quaternary nitrogens is 1. The summed E-state index contributed by atoms with van der Waals surface area (Å²) in [6.45, 7) is 3.23. The van der Waals surface area contributed by atoms with Crippen molar-refractivity contribution in [1.82, 2.24) is 0 Å². The van der Waals surface area contributed by atoms with Gasteiger partial charge in [0.25, 0.3) is 0 Å². The molecule has 0 aromatic heterocycles. The third-order valence-corrected chi connectivity index (χ3v) is 6.78. The van der Waals surface area contributed by atoms with E-state index in [0.29, 0.717) is 13.1 Å². The van der Waals surface area contributed by atoms with E-state index < -0.39 is 5.97 Å². The Bertz CT molecular complexity index is 533. The van der Waals surface area contributed by atoms with Crippen LogP contribution in [0.15, 0.2) is 17.4 Å². The normalized spacial score (nSPS) is 17.8. The number of rotatable bonds is 23. The molecule has 1 heterocycles. The van der Waals surface area contributed by atoms with Crippen LogP contribution in [-0.4, -0.2) is 35.9 Å². The third-order valence-electron chi connectivity index (χ3n) is 6.78. The highest BCUT2D eigenvalue weighted by molar-refractivity contribution is 5.80. The van der Waals surface area contributed by atoms with Gasteiger partial charge < -0.3 is 15.6 Å². The lowest BCUT2D eigenvalue weighted by Crippen LogP contribution is -2.55. The fraction of sp³-hybridized carbons (Fsp3) is 0.852. The van der Waals surface area contributed by atoms with Gasteiger partial charge in [-0.2, -0.15) is 0 Å². The van der Waals surface area contributed by atoms with E-state index in [2.05, 4.69) is 11.9 Å². The maximum absolute atomic E-state index is 11.2. The lowest BCUT2D eigenvalue weighted by atomic mass is 10.0. The molecule has 0 aromatic carbocycles. The number of amidine groups is 1. The van der Waals surface area contributed by atoms with E-state index in [9.17, 15) is 9.90 Å². The Morgan fingerprint density at radius 1 is 0.812 bits per heavy atom. The van der Waals surface area contributed by atoms with Gasteiger partial charge in [-0.15, -0.1) is 0 Å². The predicted molar refractivity (Wildman–Crippen MR) is 134 cm³/mol. The number of hydrogen-bond donors (Lipinski definition) is 1. The van der Waals surface area contributed by atoms with Gasteiger partial charge in [-0.05, 0) is 6.42 Å². The highest BCUT2D eigenvalue weighted by Gasteiger charge is 2.34. The summed E-state index contributed by atoms with van der Waals surface area (Å²) in [5.41, 5.74) is 5.71. The molecule has 0 aliphatic carbocycles. The first-order valence-corrected chi connectivity index (χ1v) is 13.7. The van der Waals surface area contributed by atoms with E-state index in [1.54, 1.807) is 6.20 Å². The van der Waals surface area contributed by atoms with Crippen LogP contribution in [0.4, 0.5) is 0 Å². The van der Waals surface area contributed by atoms with Gasteiger partial charge in [0.05, 0.1) is 12.2 Å². The highest BCUT2D eigenvalue weighted by atomic mass is 16.4. The Morgan fingerprint density at radius 2 is 1.25 bits per heavy atom. The molecule has 32 heavy (non-hydrogen) atoms. The van der Waals surface area contributed by atoms with Crippen LogP contribution in [-0.2, 0) is 4.79 Å². The van der Waals surface area contributed by atoms with E-state index in [-0.39, 0.29) is 11.0 Å². The minimum atomic E-state index is -1.05. The van der Waals surface area contributed by atoms with Gasteiger partial charge >= 0.3 is 0 Å². The fourth-order valence-corrected chi connectivity index (χ4v) is 4.81. The van der Waals surface area contributed by atoms with Crippen molar-refractivity contribution in [3.05, 3.63) is 12.4 Å². The van der Waals surface area contributed by atoms with E-state index in [1.807, 2.05) is 6.20 Å². The molecule has 1 unspecified atom stereocenters. The second-order valence-corrected chi connectivity index (χ2v) is 9.68. The van der Waals surface area contributed by atoms with E-state index in [1.165, 1.54) is 109 Å². The van der Waals surface area contributed by atoms with Crippen molar-refractivity contribution in [2.24, 2.45) is 10.7 Å². The number of nitrogens with two attached hydrogens (primary N) is 1. The summed E-state index contributed by atoms with van der Waals surface area (Å²) in [5.74, 6) is -0.119. The molecule has 0 radical (unpaired) electrons. The summed E-state index contributed by atoms with van der Waals surface area (Å²) < 4.78 is 0.248. The smallest absolute Gasteiger partial charge is 0.207 e. The molecule has 0 amide bonds. The van der Waals surface area contributed by atoms with Crippen LogP contribution in [0.2, 0.25) is 0 Å². The van der Waals surface area contributed by atoms with Gasteiger partial charge in [0.15, 0.2) is 0 Å². The van der Waals surface area contributed by atoms with Gasteiger partial charge in [-0.3, -0.25) is 0 Å². The van der Waals surface area contributed by atoms with E-state index in [0.717, 1.165) is 18.7 Å². The summed E-state index contributed by atoms with van der Waals surface area (Å²) in [6.07, 6.45) is 29.0. The molecular formula is C27H51N3O2. The Hall–Kier alpha value is -1.20. The highest BCUT2D eigenvalue weighted by Crippen LogP contribution is 2.21. The Kier molecular flexibility index (Phi) is 17.4. The fourth-order valence-electron chi connectivity index (χ4n) is 4.81. The minimum absolute atomic E-state index is 0.0639. The average Bonchev–Trinajstić information content (AvgIpc) is 3.14. The Balaban J connectivity index is 1.91. The van der Waals surface area contributed by atoms with Crippen LogP contribution < -0.4 is 10.8 Å². The lowest BCUT2D eigenvalue weighted by Gasteiger charge is -2.32. The Morgan fingerprint density at radius 3 is 1.66 bits per heavy atom. The molecule has 0 aromatic rings. The monoisotopic (exact) mass is 449 g/mol. The predicted octanol–water partition coefficient (Wildman–Crippen LogP) is 5.83. The zero-order chi connectivity index (χ0) is 23.3. The topological polar surface area (TPSA) is 78.5 Å². The molecule has 0 saturated heterocycles. The van der Waals surface area contributed by atoms with Gasteiger partial charge in [-0.25, -0.2) is 9.48 Å². The van der Waals surface area contributed by atoms with Crippen molar-refractivity contribution in [3.8, 4) is 0 Å². The molecule has 1 atom stereocenters. The van der Waals surface area contributed by atoms with Crippen molar-refractivity contribution in [3.63, 3.8) is 0 Å². The largest absolute Gasteiger partial charge is 0.544 e. The zero-order valence-corrected chi connectivity index (χ0v) is 21.0. The minimum Gasteiger partial charge on any atom is -0.544 e. The first kappa shape index (κ1) is 28.8. The second kappa shape index (κ2) is 19.3. The molecule has 0 saturated carbocycles. The summed E-state index contributed by atoms with van der Waals surface area (Å²) in [6, 6.07) is 0.